The van der Waals surface area contributed by atoms with E-state index in [-0.39, 0.29) is 17.6 Å². The Bertz CT molecular complexity index is 579. The average molecular weight is 233 g/mol. The molecule has 2 rings (SSSR count). The van der Waals surface area contributed by atoms with Crippen molar-refractivity contribution in [2.45, 2.75) is 19.9 Å². The topological polar surface area (TPSA) is 73.2 Å². The summed E-state index contributed by atoms with van der Waals surface area (Å²) in [6, 6.07) is 6.82. The molecule has 0 aliphatic heterocycles. The molecule has 3 N–H and O–H groups in total. The Morgan fingerprint density at radius 1 is 1.24 bits per heavy atom. The summed E-state index contributed by atoms with van der Waals surface area (Å²) < 4.78 is 2.73. The fourth-order valence-electron chi connectivity index (χ4n) is 1.75. The SMILES string of the molecule is CC(C)n1c(O)cn(-c2ccc(N)cc2)c1=O. The summed E-state index contributed by atoms with van der Waals surface area (Å²) in [5.41, 5.74) is 6.64. The first kappa shape index (κ1) is 11.3. The molecule has 0 fully saturated rings. The maximum absolute atomic E-state index is 12.1. The summed E-state index contributed by atoms with van der Waals surface area (Å²) in [5.74, 6) is -0.0400. The molecule has 0 saturated heterocycles. The van der Waals surface area contributed by atoms with Gasteiger partial charge in [-0.1, -0.05) is 0 Å². The second-order valence-electron chi connectivity index (χ2n) is 4.20. The van der Waals surface area contributed by atoms with Crippen molar-refractivity contribution >= 4 is 5.69 Å². The lowest BCUT2D eigenvalue weighted by Gasteiger charge is -2.05. The van der Waals surface area contributed by atoms with E-state index in [1.165, 1.54) is 15.3 Å². The van der Waals surface area contributed by atoms with E-state index in [1.807, 2.05) is 13.8 Å². The van der Waals surface area contributed by atoms with Gasteiger partial charge in [0.15, 0.2) is 0 Å². The van der Waals surface area contributed by atoms with Crippen LogP contribution in [0.5, 0.6) is 5.88 Å². The van der Waals surface area contributed by atoms with Crippen LogP contribution >= 0.6 is 0 Å². The Balaban J connectivity index is 2.58. The third-order valence-corrected chi connectivity index (χ3v) is 2.59. The normalized spacial score (nSPS) is 11.0. The number of aromatic nitrogens is 2. The summed E-state index contributed by atoms with van der Waals surface area (Å²) in [5, 5.41) is 9.72. The second kappa shape index (κ2) is 4.01. The highest BCUT2D eigenvalue weighted by molar-refractivity contribution is 5.45. The van der Waals surface area contributed by atoms with Crippen molar-refractivity contribution in [2.75, 3.05) is 5.73 Å². The van der Waals surface area contributed by atoms with Crippen LogP contribution in [-0.4, -0.2) is 14.2 Å². The van der Waals surface area contributed by atoms with Gasteiger partial charge in [-0.15, -0.1) is 0 Å². The Hall–Kier alpha value is -2.17. The fourth-order valence-corrected chi connectivity index (χ4v) is 1.75. The Labute approximate surface area is 98.7 Å². The highest BCUT2D eigenvalue weighted by Gasteiger charge is 2.13. The van der Waals surface area contributed by atoms with Crippen LogP contribution in [-0.2, 0) is 0 Å². The number of hydrogen-bond donors (Lipinski definition) is 2. The molecular weight excluding hydrogens is 218 g/mol. The number of nitrogen functional groups attached to an aromatic ring is 1. The fraction of sp³-hybridized carbons (Fsp3) is 0.250. The molecule has 1 heterocycles. The molecule has 5 nitrogen and oxygen atoms in total. The lowest BCUT2D eigenvalue weighted by molar-refractivity contribution is 0.395. The van der Waals surface area contributed by atoms with Gasteiger partial charge in [-0.2, -0.15) is 0 Å². The number of benzene rings is 1. The van der Waals surface area contributed by atoms with Crippen LogP contribution < -0.4 is 11.4 Å². The molecule has 17 heavy (non-hydrogen) atoms. The molecule has 90 valence electrons. The molecular formula is C12H15N3O2. The van der Waals surface area contributed by atoms with Crippen LogP contribution in [0.25, 0.3) is 5.69 Å². The Kier molecular flexibility index (Phi) is 2.67. The van der Waals surface area contributed by atoms with E-state index in [9.17, 15) is 9.90 Å². The largest absolute Gasteiger partial charge is 0.493 e. The standard InChI is InChI=1S/C12H15N3O2/c1-8(2)15-11(16)7-14(12(15)17)10-5-3-9(13)4-6-10/h3-8,16H,13H2,1-2H3. The van der Waals surface area contributed by atoms with Crippen molar-refractivity contribution in [3.05, 3.63) is 40.9 Å². The minimum Gasteiger partial charge on any atom is -0.493 e. The first-order chi connectivity index (χ1) is 8.00. The summed E-state index contributed by atoms with van der Waals surface area (Å²) >= 11 is 0. The molecule has 0 aliphatic rings. The zero-order valence-electron chi connectivity index (χ0n) is 9.79. The van der Waals surface area contributed by atoms with E-state index < -0.39 is 0 Å². The first-order valence-corrected chi connectivity index (χ1v) is 5.39. The maximum atomic E-state index is 12.1. The zero-order chi connectivity index (χ0) is 12.6. The van der Waals surface area contributed by atoms with Crippen LogP contribution in [0.1, 0.15) is 19.9 Å². The highest BCUT2D eigenvalue weighted by atomic mass is 16.3. The number of rotatable bonds is 2. The number of aromatic hydroxyl groups is 1. The summed E-state index contributed by atoms with van der Waals surface area (Å²) in [7, 11) is 0. The van der Waals surface area contributed by atoms with Crippen molar-refractivity contribution in [3.8, 4) is 11.6 Å². The van der Waals surface area contributed by atoms with Crippen molar-refractivity contribution in [2.24, 2.45) is 0 Å². The van der Waals surface area contributed by atoms with Gasteiger partial charge in [0.2, 0.25) is 5.88 Å². The molecule has 0 atom stereocenters. The van der Waals surface area contributed by atoms with Gasteiger partial charge in [-0.25, -0.2) is 4.79 Å². The molecule has 0 spiro atoms. The van der Waals surface area contributed by atoms with Crippen molar-refractivity contribution in [3.63, 3.8) is 0 Å². The molecule has 0 bridgehead atoms. The van der Waals surface area contributed by atoms with Crippen molar-refractivity contribution < 1.29 is 5.11 Å². The van der Waals surface area contributed by atoms with E-state index in [0.717, 1.165) is 0 Å². The van der Waals surface area contributed by atoms with Crippen LogP contribution in [0.2, 0.25) is 0 Å². The highest BCUT2D eigenvalue weighted by Crippen LogP contribution is 2.16. The average Bonchev–Trinajstić information content (AvgIpc) is 2.55. The maximum Gasteiger partial charge on any atom is 0.335 e. The van der Waals surface area contributed by atoms with E-state index >= 15 is 0 Å². The van der Waals surface area contributed by atoms with Gasteiger partial charge in [0.25, 0.3) is 0 Å². The minimum absolute atomic E-state index is 0.0400. The monoisotopic (exact) mass is 233 g/mol. The third-order valence-electron chi connectivity index (χ3n) is 2.59. The Morgan fingerprint density at radius 2 is 1.82 bits per heavy atom. The molecule has 0 aliphatic carbocycles. The zero-order valence-corrected chi connectivity index (χ0v) is 9.79. The van der Waals surface area contributed by atoms with E-state index in [1.54, 1.807) is 24.3 Å². The molecule has 2 aromatic rings. The van der Waals surface area contributed by atoms with Gasteiger partial charge in [-0.3, -0.25) is 9.13 Å². The summed E-state index contributed by atoms with van der Waals surface area (Å²) in [6.07, 6.45) is 1.41. The number of hydrogen-bond acceptors (Lipinski definition) is 3. The number of nitrogens with zero attached hydrogens (tertiary/aromatic N) is 2. The van der Waals surface area contributed by atoms with Gasteiger partial charge >= 0.3 is 5.69 Å². The summed E-state index contributed by atoms with van der Waals surface area (Å²) in [4.78, 5) is 12.1. The lowest BCUT2D eigenvalue weighted by atomic mass is 10.3. The van der Waals surface area contributed by atoms with Gasteiger partial charge < -0.3 is 10.8 Å². The van der Waals surface area contributed by atoms with E-state index in [4.69, 9.17) is 5.73 Å². The molecule has 1 aromatic heterocycles. The molecule has 0 radical (unpaired) electrons. The smallest absolute Gasteiger partial charge is 0.335 e. The van der Waals surface area contributed by atoms with E-state index in [0.29, 0.717) is 11.4 Å². The van der Waals surface area contributed by atoms with Crippen LogP contribution in [0, 0.1) is 0 Å². The number of anilines is 1. The van der Waals surface area contributed by atoms with E-state index in [2.05, 4.69) is 0 Å². The molecule has 0 saturated carbocycles. The van der Waals surface area contributed by atoms with Crippen molar-refractivity contribution in [1.82, 2.24) is 9.13 Å². The van der Waals surface area contributed by atoms with Crippen LogP contribution in [0.15, 0.2) is 35.3 Å². The minimum atomic E-state index is -0.262. The number of imidazole rings is 1. The second-order valence-corrected chi connectivity index (χ2v) is 4.20. The summed E-state index contributed by atoms with van der Waals surface area (Å²) in [6.45, 7) is 3.68. The number of nitrogens with two attached hydrogens (primary N) is 1. The molecule has 5 heteroatoms. The lowest BCUT2D eigenvalue weighted by Crippen LogP contribution is -2.24. The predicted octanol–water partition coefficient (Wildman–Crippen LogP) is 1.51. The van der Waals surface area contributed by atoms with Crippen molar-refractivity contribution in [1.29, 1.82) is 0 Å². The molecule has 0 amide bonds. The third kappa shape index (κ3) is 1.91. The molecule has 1 aromatic carbocycles. The van der Waals surface area contributed by atoms with Gasteiger partial charge in [0, 0.05) is 11.7 Å². The van der Waals surface area contributed by atoms with Crippen LogP contribution in [0.4, 0.5) is 5.69 Å². The first-order valence-electron chi connectivity index (χ1n) is 5.39. The molecule has 0 unspecified atom stereocenters. The van der Waals surface area contributed by atoms with Gasteiger partial charge in [-0.05, 0) is 38.1 Å². The van der Waals surface area contributed by atoms with Gasteiger partial charge in [0.05, 0.1) is 11.9 Å². The van der Waals surface area contributed by atoms with Gasteiger partial charge in [0.1, 0.15) is 0 Å². The van der Waals surface area contributed by atoms with Crippen LogP contribution in [0.3, 0.4) is 0 Å². The Morgan fingerprint density at radius 3 is 2.29 bits per heavy atom. The predicted molar refractivity (Wildman–Crippen MR) is 66.5 cm³/mol. The quantitative estimate of drug-likeness (QED) is 0.772.